The minimum atomic E-state index is -0.370. The molecule has 0 amide bonds. The van der Waals surface area contributed by atoms with Crippen LogP contribution < -0.4 is 5.73 Å². The van der Waals surface area contributed by atoms with Crippen LogP contribution in [0.25, 0.3) is 6.08 Å². The summed E-state index contributed by atoms with van der Waals surface area (Å²) < 4.78 is 4.65. The van der Waals surface area contributed by atoms with Crippen LogP contribution in [-0.2, 0) is 4.74 Å². The molecule has 0 aliphatic rings. The van der Waals surface area contributed by atoms with Crippen molar-refractivity contribution in [1.82, 2.24) is 0 Å². The molecule has 0 fully saturated rings. The number of esters is 1. The summed E-state index contributed by atoms with van der Waals surface area (Å²) in [6.45, 7) is 0. The Balaban J connectivity index is 3.27. The third-order valence-corrected chi connectivity index (χ3v) is 1.88. The molecule has 1 aromatic carbocycles. The quantitative estimate of drug-likeness (QED) is 0.422. The van der Waals surface area contributed by atoms with Gasteiger partial charge in [-0.2, -0.15) is 0 Å². The zero-order valence-corrected chi connectivity index (χ0v) is 8.28. The summed E-state index contributed by atoms with van der Waals surface area (Å²) >= 11 is 0. The molecule has 1 rings (SSSR count). The molecule has 0 spiro atoms. The lowest BCUT2D eigenvalue weighted by molar-refractivity contribution is 0.0600. The second kappa shape index (κ2) is 4.51. The third kappa shape index (κ3) is 1.96. The number of rotatable bonds is 2. The van der Waals surface area contributed by atoms with E-state index in [0.717, 1.165) is 0 Å². The van der Waals surface area contributed by atoms with E-state index in [0.29, 0.717) is 16.8 Å². The Morgan fingerprint density at radius 2 is 2.29 bits per heavy atom. The van der Waals surface area contributed by atoms with Crippen LogP contribution >= 0.6 is 0 Å². The number of benzene rings is 1. The normalized spacial score (nSPS) is 10.4. The van der Waals surface area contributed by atoms with Crippen LogP contribution in [0.5, 0.6) is 0 Å². The van der Waals surface area contributed by atoms with Gasteiger partial charge in [0.25, 0.3) is 0 Å². The highest BCUT2D eigenvalue weighted by atomic mass is 16.5. The Labute approximate surface area is 84.0 Å². The molecule has 3 nitrogen and oxygen atoms in total. The molecule has 0 saturated carbocycles. The highest BCUT2D eigenvalue weighted by molar-refractivity contribution is 6.19. The standard InChI is InChI=1S/C10H12BNO2/c1-14-10(13)8-3-2-4-9(12)7(8)5-6-11/h2-6H,11-12H2,1H3/b6-5+. The van der Waals surface area contributed by atoms with Crippen molar-refractivity contribution < 1.29 is 9.53 Å². The molecule has 0 bridgehead atoms. The van der Waals surface area contributed by atoms with E-state index >= 15 is 0 Å². The molecule has 4 heteroatoms. The van der Waals surface area contributed by atoms with Crippen molar-refractivity contribution in [3.05, 3.63) is 35.3 Å². The summed E-state index contributed by atoms with van der Waals surface area (Å²) in [5.74, 6) is 1.46. The molecule has 0 radical (unpaired) electrons. The maximum atomic E-state index is 11.3. The molecular formula is C10H12BNO2. The number of ether oxygens (including phenoxy) is 1. The summed E-state index contributed by atoms with van der Waals surface area (Å²) in [6, 6.07) is 5.17. The van der Waals surface area contributed by atoms with Crippen molar-refractivity contribution in [3.8, 4) is 0 Å². The van der Waals surface area contributed by atoms with Crippen LogP contribution in [-0.4, -0.2) is 20.9 Å². The lowest BCUT2D eigenvalue weighted by Crippen LogP contribution is -2.05. The fourth-order valence-electron chi connectivity index (χ4n) is 1.22. The van der Waals surface area contributed by atoms with Crippen LogP contribution in [0.4, 0.5) is 5.69 Å². The van der Waals surface area contributed by atoms with Crippen LogP contribution in [0.3, 0.4) is 0 Å². The van der Waals surface area contributed by atoms with Gasteiger partial charge < -0.3 is 10.5 Å². The van der Waals surface area contributed by atoms with Gasteiger partial charge in [0, 0.05) is 11.3 Å². The van der Waals surface area contributed by atoms with Crippen molar-refractivity contribution in [3.63, 3.8) is 0 Å². The van der Waals surface area contributed by atoms with Gasteiger partial charge in [-0.15, -0.1) is 5.98 Å². The smallest absolute Gasteiger partial charge is 0.338 e. The van der Waals surface area contributed by atoms with Crippen LogP contribution in [0.15, 0.2) is 24.2 Å². The van der Waals surface area contributed by atoms with Gasteiger partial charge in [-0.3, -0.25) is 0 Å². The molecule has 0 aliphatic heterocycles. The molecule has 14 heavy (non-hydrogen) atoms. The number of methoxy groups -OCH3 is 1. The average molecular weight is 189 g/mol. The third-order valence-electron chi connectivity index (χ3n) is 1.88. The monoisotopic (exact) mass is 189 g/mol. The molecule has 2 N–H and O–H groups in total. The Kier molecular flexibility index (Phi) is 3.34. The maximum absolute atomic E-state index is 11.3. The first-order chi connectivity index (χ1) is 6.70. The number of nitrogens with two attached hydrogens (primary N) is 1. The topological polar surface area (TPSA) is 52.3 Å². The lowest BCUT2D eigenvalue weighted by atomic mass is 10.0. The lowest BCUT2D eigenvalue weighted by Gasteiger charge is -2.06. The van der Waals surface area contributed by atoms with Crippen LogP contribution in [0.1, 0.15) is 15.9 Å². The first-order valence-corrected chi connectivity index (χ1v) is 4.30. The fraction of sp³-hybridized carbons (Fsp3) is 0.100. The van der Waals surface area contributed by atoms with E-state index in [9.17, 15) is 4.79 Å². The van der Waals surface area contributed by atoms with E-state index < -0.39 is 0 Å². The molecule has 1 aromatic rings. The van der Waals surface area contributed by atoms with Crippen molar-refractivity contribution in [2.24, 2.45) is 0 Å². The van der Waals surface area contributed by atoms with Crippen molar-refractivity contribution in [2.75, 3.05) is 12.8 Å². The Bertz CT molecular complexity index is 374. The van der Waals surface area contributed by atoms with E-state index in [1.165, 1.54) is 7.11 Å². The second-order valence-electron chi connectivity index (χ2n) is 2.80. The maximum Gasteiger partial charge on any atom is 0.338 e. The van der Waals surface area contributed by atoms with E-state index in [2.05, 4.69) is 4.74 Å². The summed E-state index contributed by atoms with van der Waals surface area (Å²) in [4.78, 5) is 11.3. The van der Waals surface area contributed by atoms with Gasteiger partial charge in [-0.25, -0.2) is 4.79 Å². The van der Waals surface area contributed by atoms with E-state index in [-0.39, 0.29) is 5.97 Å². The van der Waals surface area contributed by atoms with Crippen LogP contribution in [0.2, 0.25) is 0 Å². The van der Waals surface area contributed by atoms with E-state index in [4.69, 9.17) is 5.73 Å². The van der Waals surface area contributed by atoms with Crippen LogP contribution in [0, 0.1) is 0 Å². The number of hydrogen-bond donors (Lipinski definition) is 1. The van der Waals surface area contributed by atoms with Gasteiger partial charge in [0.1, 0.15) is 7.85 Å². The molecule has 72 valence electrons. The first kappa shape index (κ1) is 10.4. The Morgan fingerprint density at radius 1 is 1.57 bits per heavy atom. The summed E-state index contributed by atoms with van der Waals surface area (Å²) in [5, 5.41) is 0. The highest BCUT2D eigenvalue weighted by Crippen LogP contribution is 2.19. The zero-order chi connectivity index (χ0) is 10.6. The average Bonchev–Trinajstić information content (AvgIpc) is 2.20. The predicted octanol–water partition coefficient (Wildman–Crippen LogP) is 0.659. The van der Waals surface area contributed by atoms with Gasteiger partial charge in [0.2, 0.25) is 0 Å². The number of nitrogen functional groups attached to an aromatic ring is 1. The van der Waals surface area contributed by atoms with Crippen molar-refractivity contribution >= 4 is 25.6 Å². The predicted molar refractivity (Wildman–Crippen MR) is 59.8 cm³/mol. The second-order valence-corrected chi connectivity index (χ2v) is 2.80. The molecule has 0 atom stereocenters. The molecule has 0 aliphatic carbocycles. The van der Waals surface area contributed by atoms with Gasteiger partial charge >= 0.3 is 5.97 Å². The molecule has 0 aromatic heterocycles. The number of anilines is 1. The van der Waals surface area contributed by atoms with E-state index in [1.54, 1.807) is 24.3 Å². The number of hydrogen-bond acceptors (Lipinski definition) is 3. The minimum absolute atomic E-state index is 0.370. The zero-order valence-electron chi connectivity index (χ0n) is 8.28. The fourth-order valence-corrected chi connectivity index (χ4v) is 1.22. The van der Waals surface area contributed by atoms with Gasteiger partial charge in [-0.1, -0.05) is 12.1 Å². The Hall–Kier alpha value is -1.71. The first-order valence-electron chi connectivity index (χ1n) is 4.30. The SMILES string of the molecule is B/C=C/c1c(N)cccc1C(=O)OC. The summed E-state index contributed by atoms with van der Waals surface area (Å²) in [7, 11) is 3.22. The molecular weight excluding hydrogens is 177 g/mol. The summed E-state index contributed by atoms with van der Waals surface area (Å²) in [6.07, 6.45) is 1.79. The van der Waals surface area contributed by atoms with Gasteiger partial charge in [-0.05, 0) is 12.1 Å². The molecule has 0 unspecified atom stereocenters. The largest absolute Gasteiger partial charge is 0.465 e. The summed E-state index contributed by atoms with van der Waals surface area (Å²) in [5.41, 5.74) is 7.52. The Morgan fingerprint density at radius 3 is 2.86 bits per heavy atom. The number of carbonyl (C=O) groups excluding carboxylic acids is 1. The highest BCUT2D eigenvalue weighted by Gasteiger charge is 2.10. The molecule has 0 heterocycles. The van der Waals surface area contributed by atoms with Gasteiger partial charge in [0.05, 0.1) is 12.7 Å². The van der Waals surface area contributed by atoms with E-state index in [1.807, 2.05) is 13.8 Å². The molecule has 0 saturated heterocycles. The minimum Gasteiger partial charge on any atom is -0.465 e. The van der Waals surface area contributed by atoms with Gasteiger partial charge in [0.15, 0.2) is 0 Å². The van der Waals surface area contributed by atoms with Crippen molar-refractivity contribution in [1.29, 1.82) is 0 Å². The van der Waals surface area contributed by atoms with Crippen molar-refractivity contribution in [2.45, 2.75) is 0 Å². The number of carbonyl (C=O) groups is 1.